The molecule has 1 fully saturated rings. The topological polar surface area (TPSA) is 51.0 Å². The first-order chi connectivity index (χ1) is 11.3. The molecule has 1 aliphatic rings. The molecule has 1 aromatic heterocycles. The first-order valence-electron chi connectivity index (χ1n) is 8.14. The lowest BCUT2D eigenvalue weighted by Crippen LogP contribution is -2.33. The Morgan fingerprint density at radius 3 is 2.48 bits per heavy atom. The number of aryl methyl sites for hydroxylation is 1. The zero-order chi connectivity index (χ0) is 16.1. The van der Waals surface area contributed by atoms with Crippen LogP contribution < -0.4 is 0 Å². The van der Waals surface area contributed by atoms with Gasteiger partial charge in [-0.05, 0) is 31.9 Å². The second-order valence-electron chi connectivity index (χ2n) is 5.78. The number of nitrogens with zero attached hydrogens (tertiary/aromatic N) is 4. The monoisotopic (exact) mass is 330 g/mol. The third kappa shape index (κ3) is 3.93. The van der Waals surface area contributed by atoms with E-state index < -0.39 is 0 Å². The number of carbonyl (C=O) groups is 1. The quantitative estimate of drug-likeness (QED) is 0.809. The second kappa shape index (κ2) is 7.64. The molecule has 0 spiro atoms. The van der Waals surface area contributed by atoms with Crippen LogP contribution in [0.1, 0.15) is 31.5 Å². The molecule has 2 aromatic rings. The van der Waals surface area contributed by atoms with E-state index in [-0.39, 0.29) is 5.91 Å². The van der Waals surface area contributed by atoms with Gasteiger partial charge in [-0.1, -0.05) is 42.8 Å². The molecule has 5 nitrogen and oxygen atoms in total. The molecule has 1 aromatic carbocycles. The van der Waals surface area contributed by atoms with E-state index in [1.54, 1.807) is 0 Å². The van der Waals surface area contributed by atoms with Crippen molar-refractivity contribution >= 4 is 17.7 Å². The van der Waals surface area contributed by atoms with Crippen LogP contribution in [-0.4, -0.2) is 44.4 Å². The molecule has 6 heteroatoms. The summed E-state index contributed by atoms with van der Waals surface area (Å²) in [5.74, 6) is 1.46. The average Bonchev–Trinajstić information content (AvgIpc) is 2.78. The van der Waals surface area contributed by atoms with Crippen molar-refractivity contribution in [2.45, 2.75) is 37.8 Å². The van der Waals surface area contributed by atoms with Gasteiger partial charge in [0.25, 0.3) is 0 Å². The molecule has 23 heavy (non-hydrogen) atoms. The van der Waals surface area contributed by atoms with Crippen LogP contribution in [0.3, 0.4) is 0 Å². The van der Waals surface area contributed by atoms with Gasteiger partial charge in [-0.3, -0.25) is 9.36 Å². The molecule has 1 aliphatic heterocycles. The Bertz CT molecular complexity index is 648. The van der Waals surface area contributed by atoms with E-state index in [4.69, 9.17) is 0 Å². The average molecular weight is 330 g/mol. The highest BCUT2D eigenvalue weighted by Crippen LogP contribution is 2.22. The fourth-order valence-electron chi connectivity index (χ4n) is 2.85. The lowest BCUT2D eigenvalue weighted by atomic mass is 10.2. The summed E-state index contributed by atoms with van der Waals surface area (Å²) in [7, 11) is 0. The highest BCUT2D eigenvalue weighted by Gasteiger charge is 2.18. The first kappa shape index (κ1) is 16.1. The number of benzene rings is 1. The van der Waals surface area contributed by atoms with Crippen LogP contribution in [0.2, 0.25) is 0 Å². The Morgan fingerprint density at radius 1 is 1.09 bits per heavy atom. The van der Waals surface area contributed by atoms with Crippen molar-refractivity contribution in [3.63, 3.8) is 0 Å². The number of carbonyl (C=O) groups excluding carboxylic acids is 1. The number of aromatic nitrogens is 3. The van der Waals surface area contributed by atoms with Crippen molar-refractivity contribution in [1.29, 1.82) is 0 Å². The molecule has 1 saturated heterocycles. The maximum absolute atomic E-state index is 12.4. The van der Waals surface area contributed by atoms with E-state index in [1.165, 1.54) is 24.6 Å². The molecule has 0 N–H and O–H groups in total. The summed E-state index contributed by atoms with van der Waals surface area (Å²) >= 11 is 1.47. The molecule has 0 aliphatic carbocycles. The van der Waals surface area contributed by atoms with Crippen molar-refractivity contribution in [3.05, 3.63) is 36.2 Å². The lowest BCUT2D eigenvalue weighted by Gasteiger charge is -2.19. The van der Waals surface area contributed by atoms with Crippen molar-refractivity contribution in [2.24, 2.45) is 0 Å². The summed E-state index contributed by atoms with van der Waals surface area (Å²) in [6, 6.07) is 10.0. The number of para-hydroxylation sites is 1. The van der Waals surface area contributed by atoms with Gasteiger partial charge in [-0.25, -0.2) is 0 Å². The van der Waals surface area contributed by atoms with Crippen LogP contribution in [0.4, 0.5) is 0 Å². The van der Waals surface area contributed by atoms with E-state index in [1.807, 2.05) is 46.7 Å². The zero-order valence-corrected chi connectivity index (χ0v) is 14.3. The third-order valence-corrected chi connectivity index (χ3v) is 5.01. The number of likely N-dealkylation sites (tertiary alicyclic amines) is 1. The minimum atomic E-state index is 0.206. The number of hydrogen-bond acceptors (Lipinski definition) is 4. The van der Waals surface area contributed by atoms with E-state index in [9.17, 15) is 4.79 Å². The summed E-state index contributed by atoms with van der Waals surface area (Å²) in [5, 5.41) is 9.17. The van der Waals surface area contributed by atoms with Crippen LogP contribution in [0, 0.1) is 6.92 Å². The highest BCUT2D eigenvalue weighted by molar-refractivity contribution is 7.99. The molecule has 122 valence electrons. The van der Waals surface area contributed by atoms with E-state index in [0.717, 1.165) is 42.6 Å². The van der Waals surface area contributed by atoms with Gasteiger partial charge < -0.3 is 4.90 Å². The molecule has 0 bridgehead atoms. The van der Waals surface area contributed by atoms with Gasteiger partial charge in [0, 0.05) is 18.8 Å². The minimum Gasteiger partial charge on any atom is -0.342 e. The van der Waals surface area contributed by atoms with Crippen LogP contribution in [0.5, 0.6) is 0 Å². The largest absolute Gasteiger partial charge is 0.342 e. The third-order valence-electron chi connectivity index (χ3n) is 4.09. The number of amides is 1. The van der Waals surface area contributed by atoms with Crippen LogP contribution in [0.25, 0.3) is 5.69 Å². The predicted molar refractivity (Wildman–Crippen MR) is 91.9 cm³/mol. The van der Waals surface area contributed by atoms with Crippen molar-refractivity contribution in [3.8, 4) is 5.69 Å². The summed E-state index contributed by atoms with van der Waals surface area (Å²) < 4.78 is 2.00. The van der Waals surface area contributed by atoms with E-state index in [2.05, 4.69) is 10.2 Å². The normalized spacial score (nSPS) is 15.4. The molecule has 3 rings (SSSR count). The first-order valence-corrected chi connectivity index (χ1v) is 9.12. The predicted octanol–water partition coefficient (Wildman–Crippen LogP) is 3.07. The molecule has 0 radical (unpaired) electrons. The molecule has 0 unspecified atom stereocenters. The van der Waals surface area contributed by atoms with Crippen LogP contribution >= 0.6 is 11.8 Å². The summed E-state index contributed by atoms with van der Waals surface area (Å²) in [6.07, 6.45) is 4.71. The van der Waals surface area contributed by atoms with Crippen molar-refractivity contribution in [2.75, 3.05) is 18.8 Å². The van der Waals surface area contributed by atoms with Crippen LogP contribution in [-0.2, 0) is 4.79 Å². The summed E-state index contributed by atoms with van der Waals surface area (Å²) in [5.41, 5.74) is 1.03. The highest BCUT2D eigenvalue weighted by atomic mass is 32.2. The maximum atomic E-state index is 12.4. The number of hydrogen-bond donors (Lipinski definition) is 0. The van der Waals surface area contributed by atoms with Gasteiger partial charge in [0.1, 0.15) is 5.82 Å². The van der Waals surface area contributed by atoms with Crippen molar-refractivity contribution < 1.29 is 4.79 Å². The molecular weight excluding hydrogens is 308 g/mol. The van der Waals surface area contributed by atoms with Gasteiger partial charge in [-0.15, -0.1) is 10.2 Å². The SMILES string of the molecule is Cc1nnc(SCC(=O)N2CCCCCC2)n1-c1ccccc1. The van der Waals surface area contributed by atoms with Gasteiger partial charge in [-0.2, -0.15) is 0 Å². The smallest absolute Gasteiger partial charge is 0.233 e. The molecular formula is C17H22N4OS. The Balaban J connectivity index is 1.68. The molecule has 0 atom stereocenters. The standard InChI is InChI=1S/C17H22N4OS/c1-14-18-19-17(21(14)15-9-5-4-6-10-15)23-13-16(22)20-11-7-2-3-8-12-20/h4-6,9-10H,2-3,7-8,11-13H2,1H3. The number of thioether (sulfide) groups is 1. The Morgan fingerprint density at radius 2 is 1.78 bits per heavy atom. The van der Waals surface area contributed by atoms with Gasteiger partial charge >= 0.3 is 0 Å². The van der Waals surface area contributed by atoms with E-state index >= 15 is 0 Å². The fourth-order valence-corrected chi connectivity index (χ4v) is 3.75. The number of rotatable bonds is 4. The summed E-state index contributed by atoms with van der Waals surface area (Å²) in [4.78, 5) is 14.4. The van der Waals surface area contributed by atoms with Gasteiger partial charge in [0.15, 0.2) is 5.16 Å². The lowest BCUT2D eigenvalue weighted by molar-refractivity contribution is -0.128. The van der Waals surface area contributed by atoms with Gasteiger partial charge in [0.2, 0.25) is 5.91 Å². The Kier molecular flexibility index (Phi) is 5.33. The van der Waals surface area contributed by atoms with Crippen LogP contribution in [0.15, 0.2) is 35.5 Å². The maximum Gasteiger partial charge on any atom is 0.233 e. The summed E-state index contributed by atoms with van der Waals surface area (Å²) in [6.45, 7) is 3.72. The molecule has 0 saturated carbocycles. The van der Waals surface area contributed by atoms with E-state index in [0.29, 0.717) is 5.75 Å². The molecule has 2 heterocycles. The second-order valence-corrected chi connectivity index (χ2v) is 6.73. The minimum absolute atomic E-state index is 0.206. The fraction of sp³-hybridized carbons (Fsp3) is 0.471. The zero-order valence-electron chi connectivity index (χ0n) is 13.4. The molecule has 1 amide bonds. The Hall–Kier alpha value is -1.82. The van der Waals surface area contributed by atoms with Crippen molar-refractivity contribution in [1.82, 2.24) is 19.7 Å². The van der Waals surface area contributed by atoms with Gasteiger partial charge in [0.05, 0.1) is 5.75 Å². The Labute approximate surface area is 141 Å².